The van der Waals surface area contributed by atoms with E-state index in [9.17, 15) is 8.42 Å². The lowest BCUT2D eigenvalue weighted by molar-refractivity contribution is 0.599. The second-order valence-corrected chi connectivity index (χ2v) is 7.86. The van der Waals surface area contributed by atoms with E-state index >= 15 is 0 Å². The van der Waals surface area contributed by atoms with Crippen LogP contribution < -0.4 is 0 Å². The molecule has 8 heteroatoms. The Hall–Kier alpha value is -0.690. The molecule has 0 radical (unpaired) electrons. The maximum absolute atomic E-state index is 11.3. The first-order valence-electron chi connectivity index (χ1n) is 5.42. The third-order valence-electron chi connectivity index (χ3n) is 2.40. The van der Waals surface area contributed by atoms with Gasteiger partial charge in [-0.2, -0.15) is 0 Å². The SMILES string of the molecule is CS(=O)(=O)Cc1nc(Cl)c(-c2ccccc2Br)c(Cl)n1. The van der Waals surface area contributed by atoms with E-state index in [0.717, 1.165) is 16.3 Å². The molecule has 0 saturated heterocycles. The van der Waals surface area contributed by atoms with Gasteiger partial charge in [0.15, 0.2) is 9.84 Å². The highest BCUT2D eigenvalue weighted by Crippen LogP contribution is 2.36. The molecular formula is C12H9BrCl2N2O2S. The Morgan fingerprint density at radius 2 is 1.70 bits per heavy atom. The molecule has 20 heavy (non-hydrogen) atoms. The minimum atomic E-state index is -3.25. The molecule has 0 saturated carbocycles. The minimum absolute atomic E-state index is 0.0818. The second kappa shape index (κ2) is 5.97. The maximum atomic E-state index is 11.3. The Morgan fingerprint density at radius 1 is 1.15 bits per heavy atom. The van der Waals surface area contributed by atoms with Gasteiger partial charge in [-0.05, 0) is 6.07 Å². The summed E-state index contributed by atoms with van der Waals surface area (Å²) in [5.41, 5.74) is 1.21. The fraction of sp³-hybridized carbons (Fsp3) is 0.167. The topological polar surface area (TPSA) is 59.9 Å². The normalized spacial score (nSPS) is 11.6. The number of halogens is 3. The largest absolute Gasteiger partial charge is 0.229 e. The van der Waals surface area contributed by atoms with Gasteiger partial charge in [0.1, 0.15) is 21.9 Å². The fourth-order valence-electron chi connectivity index (χ4n) is 1.63. The first-order valence-corrected chi connectivity index (χ1v) is 9.03. The summed E-state index contributed by atoms with van der Waals surface area (Å²) in [5, 5.41) is 0.242. The number of hydrogen-bond acceptors (Lipinski definition) is 4. The van der Waals surface area contributed by atoms with Crippen molar-refractivity contribution in [3.05, 3.63) is 44.9 Å². The molecule has 0 fully saturated rings. The number of benzene rings is 1. The van der Waals surface area contributed by atoms with Crippen molar-refractivity contribution < 1.29 is 8.42 Å². The molecule has 0 spiro atoms. The van der Waals surface area contributed by atoms with Crippen molar-refractivity contribution in [2.45, 2.75) is 5.75 Å². The van der Waals surface area contributed by atoms with Crippen LogP contribution in [0.3, 0.4) is 0 Å². The summed E-state index contributed by atoms with van der Waals surface area (Å²) in [4.78, 5) is 8.01. The molecule has 106 valence electrons. The van der Waals surface area contributed by atoms with E-state index in [1.807, 2.05) is 24.3 Å². The average molecular weight is 396 g/mol. The third kappa shape index (κ3) is 3.69. The van der Waals surface area contributed by atoms with Gasteiger partial charge >= 0.3 is 0 Å². The van der Waals surface area contributed by atoms with Gasteiger partial charge in [0.05, 0.1) is 5.56 Å². The van der Waals surface area contributed by atoms with Crippen LogP contribution in [0.15, 0.2) is 28.7 Å². The number of rotatable bonds is 3. The van der Waals surface area contributed by atoms with Crippen molar-refractivity contribution in [2.75, 3.05) is 6.26 Å². The summed E-state index contributed by atoms with van der Waals surface area (Å²) < 4.78 is 23.3. The zero-order chi connectivity index (χ0) is 14.9. The van der Waals surface area contributed by atoms with Gasteiger partial charge in [-0.1, -0.05) is 57.3 Å². The first kappa shape index (κ1) is 15.7. The first-order chi connectivity index (χ1) is 9.28. The van der Waals surface area contributed by atoms with Crippen molar-refractivity contribution in [3.8, 4) is 11.1 Å². The van der Waals surface area contributed by atoms with Gasteiger partial charge in [-0.3, -0.25) is 0 Å². The molecular weight excluding hydrogens is 387 g/mol. The van der Waals surface area contributed by atoms with Gasteiger partial charge < -0.3 is 0 Å². The van der Waals surface area contributed by atoms with Crippen LogP contribution >= 0.6 is 39.1 Å². The van der Waals surface area contributed by atoms with Gasteiger partial charge in [0, 0.05) is 16.3 Å². The van der Waals surface area contributed by atoms with Crippen molar-refractivity contribution in [1.29, 1.82) is 0 Å². The van der Waals surface area contributed by atoms with E-state index in [1.54, 1.807) is 0 Å². The molecule has 1 aromatic heterocycles. The lowest BCUT2D eigenvalue weighted by Crippen LogP contribution is -2.06. The Kier molecular flexibility index (Phi) is 4.69. The summed E-state index contributed by atoms with van der Waals surface area (Å²) in [6, 6.07) is 7.34. The number of aromatic nitrogens is 2. The second-order valence-electron chi connectivity index (χ2n) is 4.15. The smallest absolute Gasteiger partial charge is 0.154 e. The van der Waals surface area contributed by atoms with Crippen LogP contribution in [0.25, 0.3) is 11.1 Å². The number of nitrogens with zero attached hydrogens (tertiary/aromatic N) is 2. The van der Waals surface area contributed by atoms with E-state index in [2.05, 4.69) is 25.9 Å². The molecule has 0 aliphatic heterocycles. The lowest BCUT2D eigenvalue weighted by Gasteiger charge is -2.09. The van der Waals surface area contributed by atoms with Crippen molar-refractivity contribution >= 4 is 49.0 Å². The quantitative estimate of drug-likeness (QED) is 0.742. The molecule has 0 amide bonds. The molecule has 2 aromatic rings. The highest BCUT2D eigenvalue weighted by molar-refractivity contribution is 9.10. The molecule has 0 bridgehead atoms. The number of hydrogen-bond donors (Lipinski definition) is 0. The van der Waals surface area contributed by atoms with Gasteiger partial charge in [-0.15, -0.1) is 0 Å². The van der Waals surface area contributed by atoms with E-state index < -0.39 is 9.84 Å². The van der Waals surface area contributed by atoms with Crippen LogP contribution in [-0.2, 0) is 15.6 Å². The Morgan fingerprint density at radius 3 is 2.20 bits per heavy atom. The van der Waals surface area contributed by atoms with E-state index in [0.29, 0.717) is 5.56 Å². The molecule has 0 unspecified atom stereocenters. The van der Waals surface area contributed by atoms with E-state index in [4.69, 9.17) is 23.2 Å². The molecule has 0 atom stereocenters. The lowest BCUT2D eigenvalue weighted by atomic mass is 10.1. The van der Waals surface area contributed by atoms with Crippen LogP contribution in [0.4, 0.5) is 0 Å². The molecule has 4 nitrogen and oxygen atoms in total. The highest BCUT2D eigenvalue weighted by atomic mass is 79.9. The molecule has 0 N–H and O–H groups in total. The van der Waals surface area contributed by atoms with Crippen LogP contribution in [0, 0.1) is 0 Å². The third-order valence-corrected chi connectivity index (χ3v) is 4.42. The van der Waals surface area contributed by atoms with E-state index in [1.165, 1.54) is 0 Å². The summed E-state index contributed by atoms with van der Waals surface area (Å²) in [6.45, 7) is 0. The zero-order valence-electron chi connectivity index (χ0n) is 10.3. The van der Waals surface area contributed by atoms with Gasteiger partial charge in [0.2, 0.25) is 0 Å². The van der Waals surface area contributed by atoms with Crippen LogP contribution in [0.5, 0.6) is 0 Å². The highest BCUT2D eigenvalue weighted by Gasteiger charge is 2.17. The van der Waals surface area contributed by atoms with Crippen molar-refractivity contribution in [1.82, 2.24) is 9.97 Å². The number of sulfone groups is 1. The average Bonchev–Trinajstić information content (AvgIpc) is 2.28. The van der Waals surface area contributed by atoms with Gasteiger partial charge in [-0.25, -0.2) is 18.4 Å². The predicted octanol–water partition coefficient (Wildman–Crippen LogP) is 3.76. The van der Waals surface area contributed by atoms with Crippen LogP contribution in [0.2, 0.25) is 10.3 Å². The van der Waals surface area contributed by atoms with Crippen molar-refractivity contribution in [2.24, 2.45) is 0 Å². The summed E-state index contributed by atoms with van der Waals surface area (Å²) in [7, 11) is -3.25. The Labute approximate surface area is 135 Å². The fourth-order valence-corrected chi connectivity index (χ4v) is 3.34. The van der Waals surface area contributed by atoms with Gasteiger partial charge in [0.25, 0.3) is 0 Å². The van der Waals surface area contributed by atoms with Crippen LogP contribution in [-0.4, -0.2) is 24.6 Å². The molecule has 1 heterocycles. The van der Waals surface area contributed by atoms with Crippen molar-refractivity contribution in [3.63, 3.8) is 0 Å². The molecule has 0 aliphatic rings. The predicted molar refractivity (Wildman–Crippen MR) is 83.7 cm³/mol. The Bertz CT molecular complexity index is 743. The molecule has 1 aromatic carbocycles. The summed E-state index contributed by atoms with van der Waals surface area (Å²) in [5.74, 6) is -0.221. The monoisotopic (exact) mass is 394 g/mol. The standard InChI is InChI=1S/C12H9BrCl2N2O2S/c1-20(18,19)6-9-16-11(14)10(12(15)17-9)7-4-2-3-5-8(7)13/h2-5H,6H2,1H3. The van der Waals surface area contributed by atoms with E-state index in [-0.39, 0.29) is 21.9 Å². The molecule has 2 rings (SSSR count). The zero-order valence-corrected chi connectivity index (χ0v) is 14.2. The maximum Gasteiger partial charge on any atom is 0.154 e. The minimum Gasteiger partial charge on any atom is -0.229 e. The van der Waals surface area contributed by atoms with Crippen LogP contribution in [0.1, 0.15) is 5.82 Å². The summed E-state index contributed by atoms with van der Waals surface area (Å²) in [6.07, 6.45) is 1.10. The molecule has 0 aliphatic carbocycles. The summed E-state index contributed by atoms with van der Waals surface area (Å²) >= 11 is 15.6. The Balaban J connectivity index is 2.55.